The molecule has 0 spiro atoms. The van der Waals surface area contributed by atoms with Crippen molar-refractivity contribution in [2.45, 2.75) is 4.90 Å². The summed E-state index contributed by atoms with van der Waals surface area (Å²) in [5.74, 6) is -2.10. The van der Waals surface area contributed by atoms with E-state index >= 15 is 0 Å². The highest BCUT2D eigenvalue weighted by molar-refractivity contribution is 8.00. The van der Waals surface area contributed by atoms with Crippen LogP contribution in [0.4, 0.5) is 5.69 Å². The van der Waals surface area contributed by atoms with Gasteiger partial charge in [0.25, 0.3) is 11.8 Å². The second kappa shape index (κ2) is 10.7. The molecule has 0 atom stereocenters. The molecule has 2 rings (SSSR count). The molecular formula is C19H19N3O5S. The highest BCUT2D eigenvalue weighted by Crippen LogP contribution is 2.26. The van der Waals surface area contributed by atoms with E-state index in [1.54, 1.807) is 54.6 Å². The van der Waals surface area contributed by atoms with Gasteiger partial charge in [0.2, 0.25) is 5.91 Å². The van der Waals surface area contributed by atoms with Gasteiger partial charge in [-0.1, -0.05) is 30.3 Å². The third-order valence-corrected chi connectivity index (χ3v) is 4.42. The van der Waals surface area contributed by atoms with Gasteiger partial charge < -0.3 is 21.1 Å². The highest BCUT2D eigenvalue weighted by atomic mass is 32.2. The maximum atomic E-state index is 12.0. The van der Waals surface area contributed by atoms with Gasteiger partial charge in [-0.25, -0.2) is 0 Å². The lowest BCUT2D eigenvalue weighted by molar-refractivity contribution is -0.146. The SMILES string of the molecule is NC(=O)CSc1ccccc1NC(=O)COC(=O)CNC(=O)c1ccccc1. The summed E-state index contributed by atoms with van der Waals surface area (Å²) in [6.07, 6.45) is 0. The van der Waals surface area contributed by atoms with Gasteiger partial charge in [-0.3, -0.25) is 19.2 Å². The fraction of sp³-hybridized carbons (Fsp3) is 0.158. The van der Waals surface area contributed by atoms with Gasteiger partial charge >= 0.3 is 5.97 Å². The molecule has 0 bridgehead atoms. The third-order valence-electron chi connectivity index (χ3n) is 3.32. The number of esters is 1. The fourth-order valence-electron chi connectivity index (χ4n) is 2.07. The second-order valence-electron chi connectivity index (χ2n) is 5.51. The predicted octanol–water partition coefficient (Wildman–Crippen LogP) is 1.18. The van der Waals surface area contributed by atoms with Gasteiger partial charge in [-0.15, -0.1) is 11.8 Å². The molecule has 2 aromatic rings. The van der Waals surface area contributed by atoms with E-state index in [0.717, 1.165) is 0 Å². The summed E-state index contributed by atoms with van der Waals surface area (Å²) in [5, 5.41) is 5.02. The van der Waals surface area contributed by atoms with Crippen LogP contribution in [0.25, 0.3) is 0 Å². The number of para-hydroxylation sites is 1. The molecule has 0 radical (unpaired) electrons. The standard InChI is InChI=1S/C19H19N3O5S/c20-16(23)12-28-15-9-5-4-8-14(15)22-17(24)11-27-18(25)10-21-19(26)13-6-2-1-3-7-13/h1-9H,10-12H2,(H2,20,23)(H,21,26)(H,22,24). The molecule has 0 aliphatic carbocycles. The minimum atomic E-state index is -0.740. The summed E-state index contributed by atoms with van der Waals surface area (Å²) in [6.45, 7) is -0.860. The lowest BCUT2D eigenvalue weighted by Crippen LogP contribution is -2.32. The zero-order chi connectivity index (χ0) is 20.4. The first kappa shape index (κ1) is 21.0. The van der Waals surface area contributed by atoms with Crippen molar-refractivity contribution < 1.29 is 23.9 Å². The van der Waals surface area contributed by atoms with Crippen LogP contribution in [0.5, 0.6) is 0 Å². The van der Waals surface area contributed by atoms with Crippen LogP contribution in [0, 0.1) is 0 Å². The Kier molecular flexibility index (Phi) is 8.04. The van der Waals surface area contributed by atoms with Crippen molar-refractivity contribution in [3.05, 3.63) is 60.2 Å². The Morgan fingerprint density at radius 1 is 0.964 bits per heavy atom. The summed E-state index contributed by atoms with van der Waals surface area (Å²) >= 11 is 1.19. The number of rotatable bonds is 9. The maximum absolute atomic E-state index is 12.0. The minimum Gasteiger partial charge on any atom is -0.454 e. The van der Waals surface area contributed by atoms with Gasteiger partial charge in [-0.05, 0) is 24.3 Å². The van der Waals surface area contributed by atoms with Crippen LogP contribution in [-0.2, 0) is 19.1 Å². The van der Waals surface area contributed by atoms with E-state index in [1.807, 2.05) is 0 Å². The summed E-state index contributed by atoms with van der Waals surface area (Å²) in [5.41, 5.74) is 6.02. The van der Waals surface area contributed by atoms with E-state index in [9.17, 15) is 19.2 Å². The molecule has 28 heavy (non-hydrogen) atoms. The van der Waals surface area contributed by atoms with Gasteiger partial charge in [0.15, 0.2) is 6.61 Å². The predicted molar refractivity (Wildman–Crippen MR) is 105 cm³/mol. The largest absolute Gasteiger partial charge is 0.454 e. The van der Waals surface area contributed by atoms with E-state index < -0.39 is 30.3 Å². The van der Waals surface area contributed by atoms with Crippen molar-refractivity contribution in [3.63, 3.8) is 0 Å². The molecule has 3 amide bonds. The number of anilines is 1. The van der Waals surface area contributed by atoms with Crippen LogP contribution in [0.15, 0.2) is 59.5 Å². The quantitative estimate of drug-likeness (QED) is 0.428. The second-order valence-corrected chi connectivity index (χ2v) is 6.53. The lowest BCUT2D eigenvalue weighted by atomic mass is 10.2. The molecule has 4 N–H and O–H groups in total. The van der Waals surface area contributed by atoms with Crippen LogP contribution < -0.4 is 16.4 Å². The molecule has 0 saturated carbocycles. The fourth-order valence-corrected chi connectivity index (χ4v) is 2.82. The Morgan fingerprint density at radius 3 is 2.36 bits per heavy atom. The topological polar surface area (TPSA) is 128 Å². The molecule has 0 heterocycles. The molecule has 8 nitrogen and oxygen atoms in total. The first-order valence-corrected chi connectivity index (χ1v) is 9.23. The molecule has 146 valence electrons. The molecule has 0 fully saturated rings. The van der Waals surface area contributed by atoms with Crippen molar-refractivity contribution in [1.29, 1.82) is 0 Å². The molecule has 0 unspecified atom stereocenters. The average Bonchev–Trinajstić information content (AvgIpc) is 2.70. The van der Waals surface area contributed by atoms with Crippen LogP contribution in [0.2, 0.25) is 0 Å². The van der Waals surface area contributed by atoms with Crippen molar-refractivity contribution in [2.75, 3.05) is 24.2 Å². The van der Waals surface area contributed by atoms with Crippen molar-refractivity contribution in [2.24, 2.45) is 5.73 Å². The summed E-state index contributed by atoms with van der Waals surface area (Å²) in [7, 11) is 0. The van der Waals surface area contributed by atoms with Crippen molar-refractivity contribution >= 4 is 41.1 Å². The molecule has 0 saturated heterocycles. The molecule has 2 aromatic carbocycles. The summed E-state index contributed by atoms with van der Waals surface area (Å²) < 4.78 is 4.85. The van der Waals surface area contributed by atoms with Crippen molar-refractivity contribution in [3.8, 4) is 0 Å². The number of amides is 3. The number of nitrogens with two attached hydrogens (primary N) is 1. The van der Waals surface area contributed by atoms with Crippen LogP contribution in [0.1, 0.15) is 10.4 Å². The molecule has 0 aromatic heterocycles. The Hall–Kier alpha value is -3.33. The van der Waals surface area contributed by atoms with Gasteiger partial charge in [0, 0.05) is 10.5 Å². The van der Waals surface area contributed by atoms with E-state index in [0.29, 0.717) is 16.1 Å². The summed E-state index contributed by atoms with van der Waals surface area (Å²) in [6, 6.07) is 15.3. The Morgan fingerprint density at radius 2 is 1.64 bits per heavy atom. The van der Waals surface area contributed by atoms with Gasteiger partial charge in [0.1, 0.15) is 6.54 Å². The Bertz CT molecular complexity index is 858. The average molecular weight is 401 g/mol. The first-order chi connectivity index (χ1) is 13.5. The molecule has 0 aliphatic rings. The van der Waals surface area contributed by atoms with Crippen LogP contribution >= 0.6 is 11.8 Å². The van der Waals surface area contributed by atoms with Crippen molar-refractivity contribution in [1.82, 2.24) is 5.32 Å². The van der Waals surface area contributed by atoms with E-state index in [1.165, 1.54) is 11.8 Å². The molecule has 9 heteroatoms. The zero-order valence-electron chi connectivity index (χ0n) is 14.8. The zero-order valence-corrected chi connectivity index (χ0v) is 15.7. The Labute approximate surface area is 165 Å². The van der Waals surface area contributed by atoms with Crippen LogP contribution in [-0.4, -0.2) is 42.6 Å². The number of ether oxygens (including phenoxy) is 1. The lowest BCUT2D eigenvalue weighted by Gasteiger charge is -2.10. The van der Waals surface area contributed by atoms with Gasteiger partial charge in [0.05, 0.1) is 11.4 Å². The van der Waals surface area contributed by atoms with E-state index in [-0.39, 0.29) is 12.3 Å². The number of primary amides is 1. The number of hydrogen-bond acceptors (Lipinski definition) is 6. The maximum Gasteiger partial charge on any atom is 0.325 e. The first-order valence-electron chi connectivity index (χ1n) is 8.24. The van der Waals surface area contributed by atoms with Gasteiger partial charge in [-0.2, -0.15) is 0 Å². The van der Waals surface area contributed by atoms with E-state index in [2.05, 4.69) is 10.6 Å². The number of nitrogens with one attached hydrogen (secondary N) is 2. The molecular weight excluding hydrogens is 382 g/mol. The number of benzene rings is 2. The Balaban J connectivity index is 1.77. The number of carbonyl (C=O) groups excluding carboxylic acids is 4. The monoisotopic (exact) mass is 401 g/mol. The molecule has 0 aliphatic heterocycles. The summed E-state index contributed by atoms with van der Waals surface area (Å²) in [4.78, 5) is 47.1. The number of thioether (sulfide) groups is 1. The third kappa shape index (κ3) is 7.12. The normalized spacial score (nSPS) is 10.0. The number of carbonyl (C=O) groups is 4. The van der Waals surface area contributed by atoms with E-state index in [4.69, 9.17) is 10.5 Å². The number of hydrogen-bond donors (Lipinski definition) is 3. The van der Waals surface area contributed by atoms with Crippen LogP contribution in [0.3, 0.4) is 0 Å². The smallest absolute Gasteiger partial charge is 0.325 e. The highest BCUT2D eigenvalue weighted by Gasteiger charge is 2.12. The minimum absolute atomic E-state index is 0.0724.